The lowest BCUT2D eigenvalue weighted by Gasteiger charge is -2.10. The Morgan fingerprint density at radius 1 is 0.644 bits per heavy atom. The van der Waals surface area contributed by atoms with Crippen molar-refractivity contribution >= 4 is 27.5 Å². The van der Waals surface area contributed by atoms with Crippen molar-refractivity contribution in [1.29, 1.82) is 0 Å². The molecule has 0 saturated carbocycles. The van der Waals surface area contributed by atoms with Crippen molar-refractivity contribution in [3.05, 3.63) is 86.7 Å². The minimum atomic E-state index is 0.417. The minimum absolute atomic E-state index is 0.417. The van der Waals surface area contributed by atoms with Gasteiger partial charge in [-0.1, -0.05) is 41.5 Å². The molecule has 6 rings (SSSR count). The molecule has 240 valence electrons. The second-order valence-corrected chi connectivity index (χ2v) is 14.0. The van der Waals surface area contributed by atoms with Gasteiger partial charge in [-0.25, -0.2) is 0 Å². The fourth-order valence-corrected chi connectivity index (χ4v) is 6.58. The van der Waals surface area contributed by atoms with Gasteiger partial charge >= 0.3 is 0 Å². The van der Waals surface area contributed by atoms with Crippen LogP contribution in [-0.4, -0.2) is 31.3 Å². The van der Waals surface area contributed by atoms with Crippen molar-refractivity contribution < 1.29 is 4.70 Å². The van der Waals surface area contributed by atoms with Crippen LogP contribution >= 0.6 is 0 Å². The smallest absolute Gasteiger partial charge is 0.202 e. The maximum Gasteiger partial charge on any atom is 0.202 e. The second-order valence-electron chi connectivity index (χ2n) is 14.0. The molecule has 6 heteroatoms. The highest BCUT2D eigenvalue weighted by Gasteiger charge is 2.28. The first kappa shape index (κ1) is 34.1. The van der Waals surface area contributed by atoms with Gasteiger partial charge in [0, 0.05) is 37.5 Å². The molecular weight excluding hydrogens is 552 g/mol. The van der Waals surface area contributed by atoms with Crippen molar-refractivity contribution in [3.63, 3.8) is 0 Å². The van der Waals surface area contributed by atoms with Gasteiger partial charge in [0.1, 0.15) is 5.69 Å². The monoisotopic (exact) mass is 607 g/mol. The summed E-state index contributed by atoms with van der Waals surface area (Å²) in [6, 6.07) is 14.0. The Morgan fingerprint density at radius 3 is 1.73 bits per heavy atom. The summed E-state index contributed by atoms with van der Waals surface area (Å²) in [5.41, 5.74) is 15.6. The van der Waals surface area contributed by atoms with E-state index in [1.54, 1.807) is 0 Å². The van der Waals surface area contributed by atoms with Crippen LogP contribution in [0.5, 0.6) is 0 Å². The number of fused-ring (bicyclic) bond motifs is 3. The molecule has 0 amide bonds. The molecule has 1 aliphatic heterocycles. The van der Waals surface area contributed by atoms with Crippen LogP contribution in [0.1, 0.15) is 123 Å². The van der Waals surface area contributed by atoms with E-state index in [-0.39, 0.29) is 0 Å². The maximum absolute atomic E-state index is 4.55. The zero-order valence-electron chi connectivity index (χ0n) is 30.5. The Bertz CT molecular complexity index is 1870. The molecule has 0 N–H and O–H groups in total. The molecule has 0 saturated heterocycles. The van der Waals surface area contributed by atoms with E-state index in [0.717, 1.165) is 16.9 Å². The van der Waals surface area contributed by atoms with Gasteiger partial charge in [-0.15, -0.1) is 4.70 Å². The van der Waals surface area contributed by atoms with Crippen molar-refractivity contribution in [2.45, 2.75) is 107 Å². The Morgan fingerprint density at radius 2 is 1.16 bits per heavy atom. The summed E-state index contributed by atoms with van der Waals surface area (Å²) in [5.74, 6) is 1.72. The standard InChI is InChI=1S/C13H19N2.2C13H18N2/c2*1-8(2)11-7-13-12(6-9(11)3)10(4)15(5)14-13;1-8(2)11-7-13-12(6-9(11)3)10(4)14-15(13)5/h6-8,10H,1-5H3;2*6-8H,1-5H3/q+1;;. The topological polar surface area (TPSA) is 51.0 Å². The van der Waals surface area contributed by atoms with Crippen LogP contribution in [0.15, 0.2) is 41.5 Å². The number of rotatable bonds is 3. The van der Waals surface area contributed by atoms with E-state index in [1.165, 1.54) is 60.9 Å². The summed E-state index contributed by atoms with van der Waals surface area (Å²) in [6.45, 7) is 26.3. The van der Waals surface area contributed by atoms with Gasteiger partial charge in [0.2, 0.25) is 6.04 Å². The highest BCUT2D eigenvalue weighted by atomic mass is 15.3. The lowest BCUT2D eigenvalue weighted by Crippen LogP contribution is -2.03. The molecule has 5 aromatic rings. The highest BCUT2D eigenvalue weighted by molar-refractivity contribution is 5.84. The molecule has 1 atom stereocenters. The van der Waals surface area contributed by atoms with Gasteiger partial charge in [0.05, 0.1) is 22.3 Å². The van der Waals surface area contributed by atoms with Crippen molar-refractivity contribution in [2.75, 3.05) is 7.05 Å². The zero-order chi connectivity index (χ0) is 33.5. The van der Waals surface area contributed by atoms with E-state index in [1.807, 2.05) is 35.2 Å². The van der Waals surface area contributed by atoms with Gasteiger partial charge < -0.3 is 0 Å². The molecule has 1 aliphatic rings. The molecular formula is C39H55N6+. The lowest BCUT2D eigenvalue weighted by atomic mass is 9.93. The molecule has 3 heterocycles. The van der Waals surface area contributed by atoms with Crippen molar-refractivity contribution in [2.24, 2.45) is 19.2 Å². The maximum atomic E-state index is 4.55. The van der Waals surface area contributed by atoms with Crippen molar-refractivity contribution in [1.82, 2.24) is 19.6 Å². The number of benzene rings is 3. The van der Waals surface area contributed by atoms with Crippen LogP contribution < -0.4 is 0 Å². The number of hydrogen-bond donors (Lipinski definition) is 0. The van der Waals surface area contributed by atoms with Crippen LogP contribution in [0, 0.1) is 34.6 Å². The molecule has 0 fully saturated rings. The van der Waals surface area contributed by atoms with Crippen LogP contribution in [0.2, 0.25) is 0 Å². The molecule has 6 nitrogen and oxygen atoms in total. The number of azo groups is 2. The first-order valence-corrected chi connectivity index (χ1v) is 16.5. The number of hydrogen-bond acceptors (Lipinski definition) is 3. The molecule has 0 aliphatic carbocycles. The Hall–Kier alpha value is -3.80. The fraction of sp³-hybridized carbons (Fsp3) is 0.487. The van der Waals surface area contributed by atoms with Crippen LogP contribution in [0.4, 0.5) is 5.69 Å². The van der Waals surface area contributed by atoms with E-state index in [9.17, 15) is 0 Å². The summed E-state index contributed by atoms with van der Waals surface area (Å²) in [4.78, 5) is 0. The van der Waals surface area contributed by atoms with Crippen LogP contribution in [0.3, 0.4) is 0 Å². The van der Waals surface area contributed by atoms with E-state index in [4.69, 9.17) is 0 Å². The molecule has 0 spiro atoms. The van der Waals surface area contributed by atoms with Gasteiger partial charge in [0.25, 0.3) is 0 Å². The van der Waals surface area contributed by atoms with Gasteiger partial charge in [-0.3, -0.25) is 9.36 Å². The zero-order valence-corrected chi connectivity index (χ0v) is 30.5. The van der Waals surface area contributed by atoms with Crippen LogP contribution in [0.25, 0.3) is 21.8 Å². The average molecular weight is 608 g/mol. The van der Waals surface area contributed by atoms with E-state index in [0.29, 0.717) is 23.8 Å². The van der Waals surface area contributed by atoms with Crippen molar-refractivity contribution in [3.8, 4) is 0 Å². The summed E-state index contributed by atoms with van der Waals surface area (Å²) in [7, 11) is 6.05. The average Bonchev–Trinajstić information content (AvgIpc) is 3.51. The molecule has 2 aromatic heterocycles. The fourth-order valence-electron chi connectivity index (χ4n) is 6.58. The van der Waals surface area contributed by atoms with E-state index >= 15 is 0 Å². The Balaban J connectivity index is 0.000000154. The highest BCUT2D eigenvalue weighted by Crippen LogP contribution is 2.38. The predicted molar refractivity (Wildman–Crippen MR) is 191 cm³/mol. The Kier molecular flexibility index (Phi) is 10.1. The first-order chi connectivity index (χ1) is 21.0. The minimum Gasteiger partial charge on any atom is -0.272 e. The molecule has 3 aromatic carbocycles. The summed E-state index contributed by atoms with van der Waals surface area (Å²) >= 11 is 0. The van der Waals surface area contributed by atoms with E-state index in [2.05, 4.69) is 135 Å². The van der Waals surface area contributed by atoms with Gasteiger partial charge in [0.15, 0.2) is 7.05 Å². The Labute approximate surface area is 271 Å². The molecule has 0 bridgehead atoms. The third-order valence-electron chi connectivity index (χ3n) is 9.50. The molecule has 0 radical (unpaired) electrons. The van der Waals surface area contributed by atoms with Gasteiger partial charge in [-0.2, -0.15) is 10.2 Å². The van der Waals surface area contributed by atoms with Crippen LogP contribution in [-0.2, 0) is 14.1 Å². The lowest BCUT2D eigenvalue weighted by molar-refractivity contribution is -0.594. The molecule has 45 heavy (non-hydrogen) atoms. The second kappa shape index (κ2) is 13.3. The number of aromatic nitrogens is 4. The molecule has 1 unspecified atom stereocenters. The summed E-state index contributed by atoms with van der Waals surface area (Å²) in [6.07, 6.45) is 0. The van der Waals surface area contributed by atoms with Gasteiger partial charge in [-0.05, 0) is 127 Å². The van der Waals surface area contributed by atoms with E-state index < -0.39 is 0 Å². The quantitative estimate of drug-likeness (QED) is 0.192. The summed E-state index contributed by atoms with van der Waals surface area (Å²) in [5, 5.41) is 16.1. The summed E-state index contributed by atoms with van der Waals surface area (Å²) < 4.78 is 5.96. The largest absolute Gasteiger partial charge is 0.272 e. The normalized spacial score (nSPS) is 14.2. The third kappa shape index (κ3) is 6.90. The first-order valence-electron chi connectivity index (χ1n) is 16.5. The predicted octanol–water partition coefficient (Wildman–Crippen LogP) is 10.5. The number of aryl methyl sites for hydroxylation is 7. The number of nitrogens with zero attached hydrogens (tertiary/aromatic N) is 6. The SMILES string of the molecule is Cc1cc2c(C)n(C)nc2cc1C(C)C.Cc1cc2c(C)nn(C)c2cc1C(C)C.Cc1cc2c(cc1C(C)C)N=[N+](C)C2C. The third-order valence-corrected chi connectivity index (χ3v) is 9.50.